The third-order valence-corrected chi connectivity index (χ3v) is 4.80. The van der Waals surface area contributed by atoms with Crippen LogP contribution in [-0.4, -0.2) is 48.2 Å². The number of esters is 1. The van der Waals surface area contributed by atoms with Crippen LogP contribution in [-0.2, 0) is 16.1 Å². The summed E-state index contributed by atoms with van der Waals surface area (Å²) in [7, 11) is 1.59. The molecule has 156 valence electrons. The Labute approximate surface area is 169 Å². The van der Waals surface area contributed by atoms with Crippen LogP contribution in [0.4, 0.5) is 0 Å². The van der Waals surface area contributed by atoms with E-state index in [1.807, 2.05) is 12.1 Å². The number of likely N-dealkylation sites (tertiary alicyclic amines) is 1. The average molecular weight is 402 g/mol. The van der Waals surface area contributed by atoms with E-state index in [1.54, 1.807) is 37.1 Å². The minimum atomic E-state index is -0.287. The molecule has 1 amide bonds. The molecule has 1 saturated heterocycles. The standard InChI is InChI=1S/C21H26N2O6/c1-3-27-20(24)11-15-7-4-5-10-23(15)21(25)19-13-18(29-22-19)14-28-17-9-6-8-16(12-17)26-2/h6,8-9,12-13,15H,3-5,7,10-11,14H2,1-2H3/t15-/m1/s1. The lowest BCUT2D eigenvalue weighted by molar-refractivity contribution is -0.144. The highest BCUT2D eigenvalue weighted by atomic mass is 16.5. The third-order valence-electron chi connectivity index (χ3n) is 4.80. The lowest BCUT2D eigenvalue weighted by atomic mass is 9.99. The summed E-state index contributed by atoms with van der Waals surface area (Å²) < 4.78 is 21.1. The van der Waals surface area contributed by atoms with E-state index in [1.165, 1.54) is 0 Å². The van der Waals surface area contributed by atoms with Crippen LogP contribution in [0.2, 0.25) is 0 Å². The van der Waals surface area contributed by atoms with Crippen molar-refractivity contribution in [3.8, 4) is 11.5 Å². The SMILES string of the molecule is CCOC(=O)C[C@H]1CCCCN1C(=O)c1cc(COc2cccc(OC)c2)on1. The van der Waals surface area contributed by atoms with Crippen molar-refractivity contribution in [1.29, 1.82) is 0 Å². The Hall–Kier alpha value is -3.03. The lowest BCUT2D eigenvalue weighted by Gasteiger charge is -2.34. The Bertz CT molecular complexity index is 834. The molecular formula is C21H26N2O6. The van der Waals surface area contributed by atoms with Gasteiger partial charge in [0.1, 0.15) is 18.1 Å². The van der Waals surface area contributed by atoms with Crippen LogP contribution >= 0.6 is 0 Å². The fourth-order valence-electron chi connectivity index (χ4n) is 3.37. The summed E-state index contributed by atoms with van der Waals surface area (Å²) in [4.78, 5) is 26.5. The summed E-state index contributed by atoms with van der Waals surface area (Å²) >= 11 is 0. The number of nitrogens with zero attached hydrogens (tertiary/aromatic N) is 2. The van der Waals surface area contributed by atoms with Crippen molar-refractivity contribution in [2.45, 2.75) is 45.3 Å². The van der Waals surface area contributed by atoms with E-state index in [9.17, 15) is 9.59 Å². The first-order valence-electron chi connectivity index (χ1n) is 9.79. The molecule has 8 heteroatoms. The van der Waals surface area contributed by atoms with Crippen LogP contribution in [0.5, 0.6) is 11.5 Å². The second-order valence-corrected chi connectivity index (χ2v) is 6.80. The second kappa shape index (κ2) is 9.95. The molecule has 1 aliphatic rings. The minimum Gasteiger partial charge on any atom is -0.497 e. The zero-order valence-corrected chi connectivity index (χ0v) is 16.8. The van der Waals surface area contributed by atoms with Crippen LogP contribution < -0.4 is 9.47 Å². The maximum atomic E-state index is 12.9. The van der Waals surface area contributed by atoms with Gasteiger partial charge in [-0.2, -0.15) is 0 Å². The summed E-state index contributed by atoms with van der Waals surface area (Å²) in [5, 5.41) is 3.90. The molecule has 0 radical (unpaired) electrons. The molecule has 1 aromatic carbocycles. The van der Waals surface area contributed by atoms with Crippen LogP contribution in [0.15, 0.2) is 34.9 Å². The van der Waals surface area contributed by atoms with Crippen molar-refractivity contribution < 1.29 is 28.3 Å². The largest absolute Gasteiger partial charge is 0.497 e. The Kier molecular flexibility index (Phi) is 7.10. The molecule has 0 N–H and O–H groups in total. The average Bonchev–Trinajstić information content (AvgIpc) is 3.21. The number of aromatic nitrogens is 1. The minimum absolute atomic E-state index is 0.139. The number of rotatable bonds is 8. The van der Waals surface area contributed by atoms with Crippen LogP contribution in [0, 0.1) is 0 Å². The Morgan fingerprint density at radius 3 is 2.86 bits per heavy atom. The number of hydrogen-bond donors (Lipinski definition) is 0. The number of carbonyl (C=O) groups is 2. The third kappa shape index (κ3) is 5.49. The normalized spacial score (nSPS) is 16.3. The molecular weight excluding hydrogens is 376 g/mol. The van der Waals surface area contributed by atoms with Gasteiger partial charge in [-0.25, -0.2) is 0 Å². The Balaban J connectivity index is 1.61. The van der Waals surface area contributed by atoms with Crippen molar-refractivity contribution in [3.05, 3.63) is 41.8 Å². The fourth-order valence-corrected chi connectivity index (χ4v) is 3.37. The predicted octanol–water partition coefficient (Wildman–Crippen LogP) is 3.21. The topological polar surface area (TPSA) is 91.1 Å². The van der Waals surface area contributed by atoms with E-state index in [0.29, 0.717) is 30.4 Å². The summed E-state index contributed by atoms with van der Waals surface area (Å²) in [5.41, 5.74) is 0.213. The van der Waals surface area contributed by atoms with E-state index in [0.717, 1.165) is 19.3 Å². The lowest BCUT2D eigenvalue weighted by Crippen LogP contribution is -2.45. The van der Waals surface area contributed by atoms with Gasteiger partial charge in [-0.1, -0.05) is 11.2 Å². The first-order chi connectivity index (χ1) is 14.1. The number of ether oxygens (including phenoxy) is 3. The van der Waals surface area contributed by atoms with Crippen molar-refractivity contribution in [3.63, 3.8) is 0 Å². The number of hydrogen-bond acceptors (Lipinski definition) is 7. The number of methoxy groups -OCH3 is 1. The van der Waals surface area contributed by atoms with Gasteiger partial charge in [0.15, 0.2) is 11.5 Å². The van der Waals surface area contributed by atoms with E-state index in [4.69, 9.17) is 18.7 Å². The van der Waals surface area contributed by atoms with Gasteiger partial charge in [0, 0.05) is 24.7 Å². The molecule has 2 heterocycles. The first-order valence-corrected chi connectivity index (χ1v) is 9.79. The highest BCUT2D eigenvalue weighted by Crippen LogP contribution is 2.23. The van der Waals surface area contributed by atoms with Crippen molar-refractivity contribution in [1.82, 2.24) is 10.1 Å². The molecule has 0 unspecified atom stereocenters. The zero-order valence-electron chi connectivity index (χ0n) is 16.8. The van der Waals surface area contributed by atoms with Gasteiger partial charge < -0.3 is 23.6 Å². The highest BCUT2D eigenvalue weighted by molar-refractivity contribution is 5.92. The van der Waals surface area contributed by atoms with Gasteiger partial charge in [-0.05, 0) is 38.3 Å². The number of benzene rings is 1. The van der Waals surface area contributed by atoms with Gasteiger partial charge in [0.25, 0.3) is 5.91 Å². The predicted molar refractivity (Wildman–Crippen MR) is 104 cm³/mol. The van der Waals surface area contributed by atoms with E-state index >= 15 is 0 Å². The summed E-state index contributed by atoms with van der Waals surface area (Å²) in [5.74, 6) is 1.23. The van der Waals surface area contributed by atoms with Crippen LogP contribution in [0.3, 0.4) is 0 Å². The maximum absolute atomic E-state index is 12.9. The highest BCUT2D eigenvalue weighted by Gasteiger charge is 2.31. The Morgan fingerprint density at radius 2 is 2.07 bits per heavy atom. The molecule has 2 aromatic rings. The molecule has 0 bridgehead atoms. The molecule has 8 nitrogen and oxygen atoms in total. The van der Waals surface area contributed by atoms with Crippen molar-refractivity contribution >= 4 is 11.9 Å². The maximum Gasteiger partial charge on any atom is 0.307 e. The molecule has 0 spiro atoms. The van der Waals surface area contributed by atoms with E-state index in [2.05, 4.69) is 5.16 Å². The quantitative estimate of drug-likeness (QED) is 0.626. The van der Waals surface area contributed by atoms with Crippen molar-refractivity contribution in [2.75, 3.05) is 20.3 Å². The van der Waals surface area contributed by atoms with Gasteiger partial charge in [-0.3, -0.25) is 9.59 Å². The summed E-state index contributed by atoms with van der Waals surface area (Å²) in [6, 6.07) is 8.61. The summed E-state index contributed by atoms with van der Waals surface area (Å²) in [6.45, 7) is 2.83. The van der Waals surface area contributed by atoms with Crippen LogP contribution in [0.1, 0.15) is 48.9 Å². The first kappa shape index (κ1) is 20.7. The van der Waals surface area contributed by atoms with Crippen molar-refractivity contribution in [2.24, 2.45) is 0 Å². The number of piperidine rings is 1. The fraction of sp³-hybridized carbons (Fsp3) is 0.476. The molecule has 1 aromatic heterocycles. The smallest absolute Gasteiger partial charge is 0.307 e. The molecule has 0 saturated carbocycles. The second-order valence-electron chi connectivity index (χ2n) is 6.80. The molecule has 1 fully saturated rings. The number of amides is 1. The zero-order chi connectivity index (χ0) is 20.6. The monoisotopic (exact) mass is 402 g/mol. The molecule has 29 heavy (non-hydrogen) atoms. The van der Waals surface area contributed by atoms with E-state index in [-0.39, 0.29) is 36.6 Å². The molecule has 3 rings (SSSR count). The summed E-state index contributed by atoms with van der Waals surface area (Å²) in [6.07, 6.45) is 2.85. The molecule has 1 aliphatic heterocycles. The Morgan fingerprint density at radius 1 is 1.24 bits per heavy atom. The van der Waals surface area contributed by atoms with Gasteiger partial charge in [-0.15, -0.1) is 0 Å². The van der Waals surface area contributed by atoms with E-state index < -0.39 is 0 Å². The van der Waals surface area contributed by atoms with Gasteiger partial charge >= 0.3 is 5.97 Å². The number of carbonyl (C=O) groups excluding carboxylic acids is 2. The molecule has 1 atom stereocenters. The van der Waals surface area contributed by atoms with Gasteiger partial charge in [0.2, 0.25) is 0 Å². The van der Waals surface area contributed by atoms with Crippen LogP contribution in [0.25, 0.3) is 0 Å². The molecule has 0 aliphatic carbocycles. The van der Waals surface area contributed by atoms with Gasteiger partial charge in [0.05, 0.1) is 20.1 Å².